The molecule has 2 aromatic heterocycles. The van der Waals surface area contributed by atoms with Gasteiger partial charge in [-0.3, -0.25) is 4.57 Å². The van der Waals surface area contributed by atoms with E-state index in [0.29, 0.717) is 5.82 Å². The van der Waals surface area contributed by atoms with Gasteiger partial charge in [-0.1, -0.05) is 188 Å². The van der Waals surface area contributed by atoms with E-state index in [0.717, 1.165) is 85.1 Å². The predicted molar refractivity (Wildman–Crippen MR) is 244 cm³/mol. The Hall–Kier alpha value is -7.89. The van der Waals surface area contributed by atoms with Gasteiger partial charge in [-0.15, -0.1) is 0 Å². The highest BCUT2D eigenvalue weighted by molar-refractivity contribution is 6.16. The number of para-hydroxylation sites is 1. The zero-order valence-electron chi connectivity index (χ0n) is 32.1. The van der Waals surface area contributed by atoms with Gasteiger partial charge >= 0.3 is 0 Å². The van der Waals surface area contributed by atoms with E-state index in [4.69, 9.17) is 15.0 Å². The molecule has 0 saturated heterocycles. The van der Waals surface area contributed by atoms with E-state index in [1.807, 2.05) is 24.3 Å². The van der Waals surface area contributed by atoms with Gasteiger partial charge in [0.1, 0.15) is 5.82 Å². The number of hydrogen-bond donors (Lipinski definition) is 1. The molecule has 3 heterocycles. The molecule has 0 unspecified atom stereocenters. The highest BCUT2D eigenvalue weighted by Crippen LogP contribution is 2.42. The Morgan fingerprint density at radius 2 is 0.898 bits per heavy atom. The van der Waals surface area contributed by atoms with Crippen LogP contribution in [-0.2, 0) is 0 Å². The molecule has 5 nitrogen and oxygen atoms in total. The van der Waals surface area contributed by atoms with Crippen LogP contribution >= 0.6 is 0 Å². The summed E-state index contributed by atoms with van der Waals surface area (Å²) in [7, 11) is 0. The van der Waals surface area contributed by atoms with Crippen LogP contribution in [0.1, 0.15) is 5.56 Å². The summed E-state index contributed by atoms with van der Waals surface area (Å²) in [6.07, 6.45) is 4.39. The SMILES string of the molecule is C1=Cc2c(c3ccccc3c3c2nc(-c2ccc(-c4ccc(-c5cc(-c6ccc(-c7ccccc7)cc6)nc(-c6ccccc6)n5)cc4)cc2)n3-c2ccccc2)NC1. The smallest absolute Gasteiger partial charge is 0.160 e. The van der Waals surface area contributed by atoms with Crippen LogP contribution in [0.4, 0.5) is 5.69 Å². The molecule has 0 saturated carbocycles. The van der Waals surface area contributed by atoms with Crippen LogP contribution < -0.4 is 5.32 Å². The van der Waals surface area contributed by atoms with E-state index in [9.17, 15) is 0 Å². The van der Waals surface area contributed by atoms with Crippen molar-refractivity contribution in [3.05, 3.63) is 206 Å². The van der Waals surface area contributed by atoms with Crippen molar-refractivity contribution in [2.75, 3.05) is 11.9 Å². The predicted octanol–water partition coefficient (Wildman–Crippen LogP) is 13.4. The molecule has 0 amide bonds. The second-order valence-electron chi connectivity index (χ2n) is 14.8. The third kappa shape index (κ3) is 6.26. The molecule has 0 atom stereocenters. The molecule has 0 aliphatic carbocycles. The summed E-state index contributed by atoms with van der Waals surface area (Å²) < 4.78 is 2.32. The minimum Gasteiger partial charge on any atom is -0.381 e. The number of imidazole rings is 1. The molecule has 0 radical (unpaired) electrons. The summed E-state index contributed by atoms with van der Waals surface area (Å²) in [6.45, 7) is 0.802. The third-order valence-electron chi connectivity index (χ3n) is 11.3. The maximum absolute atomic E-state index is 5.41. The minimum atomic E-state index is 0.701. The van der Waals surface area contributed by atoms with E-state index in [-0.39, 0.29) is 0 Å². The van der Waals surface area contributed by atoms with Crippen LogP contribution in [0, 0.1) is 0 Å². The molecule has 1 aliphatic heterocycles. The molecule has 8 aromatic carbocycles. The summed E-state index contributed by atoms with van der Waals surface area (Å²) in [4.78, 5) is 15.5. The van der Waals surface area contributed by atoms with Gasteiger partial charge in [-0.05, 0) is 40.5 Å². The second-order valence-corrected chi connectivity index (χ2v) is 14.8. The molecule has 278 valence electrons. The average Bonchev–Trinajstić information content (AvgIpc) is 3.74. The summed E-state index contributed by atoms with van der Waals surface area (Å²) in [6, 6.07) is 68.0. The van der Waals surface area contributed by atoms with Crippen molar-refractivity contribution in [1.82, 2.24) is 19.5 Å². The van der Waals surface area contributed by atoms with Gasteiger partial charge in [0.05, 0.1) is 28.1 Å². The molecule has 5 heteroatoms. The highest BCUT2D eigenvalue weighted by atomic mass is 15.1. The number of hydrogen-bond acceptors (Lipinski definition) is 4. The Bertz CT molecular complexity index is 3150. The molecule has 0 fully saturated rings. The molecule has 1 aliphatic rings. The Labute approximate surface area is 342 Å². The topological polar surface area (TPSA) is 55.6 Å². The number of rotatable bonds is 7. The maximum atomic E-state index is 5.41. The fourth-order valence-electron chi connectivity index (χ4n) is 8.31. The van der Waals surface area contributed by atoms with Crippen LogP contribution in [0.15, 0.2) is 200 Å². The minimum absolute atomic E-state index is 0.701. The molecule has 0 bridgehead atoms. The summed E-state index contributed by atoms with van der Waals surface area (Å²) in [5.74, 6) is 1.61. The number of benzene rings is 8. The summed E-state index contributed by atoms with van der Waals surface area (Å²) in [5.41, 5.74) is 15.9. The number of nitrogens with one attached hydrogen (secondary N) is 1. The largest absolute Gasteiger partial charge is 0.381 e. The Morgan fingerprint density at radius 1 is 0.424 bits per heavy atom. The first-order chi connectivity index (χ1) is 29.2. The lowest BCUT2D eigenvalue weighted by Gasteiger charge is -2.18. The molecule has 59 heavy (non-hydrogen) atoms. The van der Waals surface area contributed by atoms with Gasteiger partial charge in [0, 0.05) is 50.8 Å². The van der Waals surface area contributed by atoms with Gasteiger partial charge < -0.3 is 5.32 Å². The molecule has 11 rings (SSSR count). The third-order valence-corrected chi connectivity index (χ3v) is 11.3. The molecule has 1 N–H and O–H groups in total. The van der Waals surface area contributed by atoms with Gasteiger partial charge in [0.25, 0.3) is 0 Å². The zero-order valence-corrected chi connectivity index (χ0v) is 32.1. The number of nitrogens with zero attached hydrogens (tertiary/aromatic N) is 4. The Morgan fingerprint density at radius 3 is 1.49 bits per heavy atom. The average molecular weight is 756 g/mol. The van der Waals surface area contributed by atoms with Gasteiger partial charge in [-0.2, -0.15) is 0 Å². The first-order valence-electron chi connectivity index (χ1n) is 20.0. The quantitative estimate of drug-likeness (QED) is 0.176. The number of anilines is 1. The van der Waals surface area contributed by atoms with Crippen molar-refractivity contribution in [3.8, 4) is 73.2 Å². The van der Waals surface area contributed by atoms with Gasteiger partial charge in [0.15, 0.2) is 5.82 Å². The Kier molecular flexibility index (Phi) is 8.48. The number of aromatic nitrogens is 4. The van der Waals surface area contributed by atoms with Crippen molar-refractivity contribution in [2.24, 2.45) is 0 Å². The second kappa shape index (κ2) is 14.6. The lowest BCUT2D eigenvalue weighted by Crippen LogP contribution is -2.06. The fraction of sp³-hybridized carbons (Fsp3) is 0.0185. The normalized spacial score (nSPS) is 12.1. The van der Waals surface area contributed by atoms with Crippen molar-refractivity contribution in [3.63, 3.8) is 0 Å². The van der Waals surface area contributed by atoms with Gasteiger partial charge in [-0.25, -0.2) is 15.0 Å². The Balaban J connectivity index is 0.954. The van der Waals surface area contributed by atoms with Crippen LogP contribution in [-0.4, -0.2) is 26.1 Å². The van der Waals surface area contributed by atoms with E-state index < -0.39 is 0 Å². The summed E-state index contributed by atoms with van der Waals surface area (Å²) >= 11 is 0. The van der Waals surface area contributed by atoms with Crippen LogP contribution in [0.3, 0.4) is 0 Å². The maximum Gasteiger partial charge on any atom is 0.160 e. The van der Waals surface area contributed by atoms with E-state index >= 15 is 0 Å². The molecular weight excluding hydrogens is 719 g/mol. The van der Waals surface area contributed by atoms with Gasteiger partial charge in [0.2, 0.25) is 0 Å². The van der Waals surface area contributed by atoms with Crippen molar-refractivity contribution < 1.29 is 0 Å². The summed E-state index contributed by atoms with van der Waals surface area (Å²) in [5, 5.41) is 6.01. The first kappa shape index (κ1) is 34.4. The van der Waals surface area contributed by atoms with Crippen LogP contribution in [0.5, 0.6) is 0 Å². The van der Waals surface area contributed by atoms with Crippen molar-refractivity contribution in [2.45, 2.75) is 0 Å². The van der Waals surface area contributed by atoms with E-state index in [1.54, 1.807) is 0 Å². The van der Waals surface area contributed by atoms with Crippen LogP contribution in [0.2, 0.25) is 0 Å². The lowest BCUT2D eigenvalue weighted by molar-refractivity contribution is 1.11. The first-order valence-corrected chi connectivity index (χ1v) is 20.0. The highest BCUT2D eigenvalue weighted by Gasteiger charge is 2.23. The monoisotopic (exact) mass is 755 g/mol. The zero-order chi connectivity index (χ0) is 39.1. The standard InChI is InChI=1S/C54H37N5/c1-4-13-36(14-5-1)37-22-28-40(29-23-37)48-35-49(57-53(56-48)42-15-6-2-7-16-42)41-30-24-38(25-31-41)39-26-32-43(33-27-39)54-58-51-47-21-12-34-55-50(47)45-19-10-11-20-46(45)52(51)59(54)44-17-8-3-9-18-44/h1-33,35,55H,34H2. The number of fused-ring (bicyclic) bond motifs is 6. The molecular formula is C54H37N5. The lowest BCUT2D eigenvalue weighted by atomic mass is 9.99. The van der Waals surface area contributed by atoms with E-state index in [2.05, 4.69) is 192 Å². The van der Waals surface area contributed by atoms with Crippen molar-refractivity contribution in [1.29, 1.82) is 0 Å². The van der Waals surface area contributed by atoms with E-state index in [1.165, 1.54) is 21.9 Å². The molecule has 10 aromatic rings. The van der Waals surface area contributed by atoms with Crippen molar-refractivity contribution >= 4 is 33.6 Å². The van der Waals surface area contributed by atoms with Crippen LogP contribution in [0.25, 0.3) is 101 Å². The molecule has 0 spiro atoms. The fourth-order valence-corrected chi connectivity index (χ4v) is 8.31.